The number of sulfonamides is 1. The zero-order valence-electron chi connectivity index (χ0n) is 15.9. The van der Waals surface area contributed by atoms with Gasteiger partial charge in [-0.1, -0.05) is 30.3 Å². The van der Waals surface area contributed by atoms with Crippen molar-refractivity contribution in [2.75, 3.05) is 50.1 Å². The summed E-state index contributed by atoms with van der Waals surface area (Å²) in [6.07, 6.45) is 1.64. The van der Waals surface area contributed by atoms with Crippen LogP contribution in [0.4, 0.5) is 11.6 Å². The van der Waals surface area contributed by atoms with Gasteiger partial charge in [0.1, 0.15) is 17.5 Å². The van der Waals surface area contributed by atoms with Gasteiger partial charge in [0.25, 0.3) is 0 Å². The highest BCUT2D eigenvalue weighted by atomic mass is 32.2. The Morgan fingerprint density at radius 2 is 1.70 bits per heavy atom. The molecule has 1 aromatic carbocycles. The topological polar surface area (TPSA) is 69.6 Å². The summed E-state index contributed by atoms with van der Waals surface area (Å²) in [5.74, 6) is 2.39. The van der Waals surface area contributed by atoms with E-state index in [4.69, 9.17) is 0 Å². The van der Waals surface area contributed by atoms with E-state index in [9.17, 15) is 8.42 Å². The zero-order chi connectivity index (χ0) is 19.4. The fourth-order valence-corrected chi connectivity index (χ4v) is 4.09. The minimum atomic E-state index is -3.43. The number of piperazine rings is 1. The van der Waals surface area contributed by atoms with Crippen LogP contribution >= 0.6 is 0 Å². The van der Waals surface area contributed by atoms with Crippen LogP contribution in [-0.2, 0) is 10.0 Å². The Kier molecular flexibility index (Phi) is 5.76. The van der Waals surface area contributed by atoms with Crippen LogP contribution in [0.5, 0.6) is 0 Å². The van der Waals surface area contributed by atoms with Crippen molar-refractivity contribution >= 4 is 27.7 Å². The molecule has 0 N–H and O–H groups in total. The van der Waals surface area contributed by atoms with E-state index in [0.717, 1.165) is 17.2 Å². The van der Waals surface area contributed by atoms with E-state index in [1.54, 1.807) is 6.08 Å². The van der Waals surface area contributed by atoms with Gasteiger partial charge < -0.3 is 9.80 Å². The molecule has 8 heteroatoms. The van der Waals surface area contributed by atoms with E-state index in [0.29, 0.717) is 32.0 Å². The molecule has 0 atom stereocenters. The minimum absolute atomic E-state index is 0.432. The third-order valence-electron chi connectivity index (χ3n) is 4.42. The van der Waals surface area contributed by atoms with Crippen molar-refractivity contribution in [2.24, 2.45) is 0 Å². The van der Waals surface area contributed by atoms with Crippen LogP contribution in [0.15, 0.2) is 41.8 Å². The molecule has 3 rings (SSSR count). The molecule has 0 amide bonds. The second-order valence-electron chi connectivity index (χ2n) is 6.67. The highest BCUT2D eigenvalue weighted by Gasteiger charge is 2.26. The van der Waals surface area contributed by atoms with Crippen molar-refractivity contribution in [1.29, 1.82) is 0 Å². The second-order valence-corrected chi connectivity index (χ2v) is 8.49. The largest absolute Gasteiger partial charge is 0.363 e. The van der Waals surface area contributed by atoms with Gasteiger partial charge >= 0.3 is 0 Å². The first-order valence-corrected chi connectivity index (χ1v) is 10.4. The molecule has 0 radical (unpaired) electrons. The first-order valence-electron chi connectivity index (χ1n) is 8.86. The third-order valence-corrected chi connectivity index (χ3v) is 5.99. The van der Waals surface area contributed by atoms with E-state index in [1.165, 1.54) is 9.71 Å². The number of aromatic nitrogens is 2. The average Bonchev–Trinajstić information content (AvgIpc) is 2.67. The molecule has 2 aromatic rings. The highest BCUT2D eigenvalue weighted by molar-refractivity contribution is 7.92. The van der Waals surface area contributed by atoms with Gasteiger partial charge in [-0.05, 0) is 18.6 Å². The van der Waals surface area contributed by atoms with Gasteiger partial charge in [-0.3, -0.25) is 0 Å². The second kappa shape index (κ2) is 8.06. The molecule has 27 heavy (non-hydrogen) atoms. The van der Waals surface area contributed by atoms with E-state index >= 15 is 0 Å². The molecule has 1 aliphatic rings. The van der Waals surface area contributed by atoms with E-state index in [-0.39, 0.29) is 0 Å². The van der Waals surface area contributed by atoms with E-state index in [1.807, 2.05) is 62.3 Å². The summed E-state index contributed by atoms with van der Waals surface area (Å²) < 4.78 is 26.7. The SMILES string of the molecule is Cc1nc(N(C)C)cc(N2CCN(S(=O)(=O)/C=C/c3ccccc3)CC2)n1. The number of nitrogens with zero attached hydrogens (tertiary/aromatic N) is 5. The molecule has 1 fully saturated rings. The lowest BCUT2D eigenvalue weighted by Crippen LogP contribution is -2.48. The van der Waals surface area contributed by atoms with Crippen molar-refractivity contribution in [2.45, 2.75) is 6.92 Å². The highest BCUT2D eigenvalue weighted by Crippen LogP contribution is 2.20. The van der Waals surface area contributed by atoms with Crippen LogP contribution in [-0.4, -0.2) is 63.0 Å². The fourth-order valence-electron chi connectivity index (χ4n) is 2.91. The van der Waals surface area contributed by atoms with Crippen LogP contribution in [0.1, 0.15) is 11.4 Å². The standard InChI is InChI=1S/C19H25N5O2S/c1-16-20-18(22(2)3)15-19(21-16)23-10-12-24(13-11-23)27(25,26)14-9-17-7-5-4-6-8-17/h4-9,14-15H,10-13H2,1-3H3/b14-9+. The molecule has 2 heterocycles. The molecule has 0 aliphatic carbocycles. The molecule has 0 saturated carbocycles. The molecule has 0 unspecified atom stereocenters. The molecular weight excluding hydrogens is 362 g/mol. The van der Waals surface area contributed by atoms with Gasteiger partial charge in [0.05, 0.1) is 0 Å². The first kappa shape index (κ1) is 19.3. The van der Waals surface area contributed by atoms with Crippen LogP contribution in [0, 0.1) is 6.92 Å². The number of anilines is 2. The predicted molar refractivity (Wildman–Crippen MR) is 109 cm³/mol. The van der Waals surface area contributed by atoms with E-state index in [2.05, 4.69) is 14.9 Å². The average molecular weight is 388 g/mol. The van der Waals surface area contributed by atoms with Gasteiger partial charge in [-0.25, -0.2) is 18.4 Å². The Hall–Kier alpha value is -2.45. The van der Waals surface area contributed by atoms with Gasteiger partial charge in [0.2, 0.25) is 10.0 Å². The molecular formula is C19H25N5O2S. The van der Waals surface area contributed by atoms with Gasteiger partial charge in [0, 0.05) is 51.7 Å². The lowest BCUT2D eigenvalue weighted by molar-refractivity contribution is 0.388. The number of aryl methyl sites for hydroxylation is 1. The molecule has 7 nitrogen and oxygen atoms in total. The Labute approximate surface area is 161 Å². The molecule has 144 valence electrons. The normalized spacial score (nSPS) is 16.0. The Morgan fingerprint density at radius 1 is 1.04 bits per heavy atom. The number of hydrogen-bond acceptors (Lipinski definition) is 6. The fraction of sp³-hybridized carbons (Fsp3) is 0.368. The summed E-state index contributed by atoms with van der Waals surface area (Å²) in [5, 5.41) is 1.29. The molecule has 0 spiro atoms. The molecule has 1 aliphatic heterocycles. The number of benzene rings is 1. The maximum atomic E-state index is 12.6. The molecule has 0 bridgehead atoms. The van der Waals surface area contributed by atoms with Crippen molar-refractivity contribution in [3.05, 3.63) is 53.2 Å². The lowest BCUT2D eigenvalue weighted by atomic mass is 10.2. The van der Waals surface area contributed by atoms with Crippen LogP contribution in [0.25, 0.3) is 6.08 Å². The number of hydrogen-bond donors (Lipinski definition) is 0. The van der Waals surface area contributed by atoms with Crippen LogP contribution in [0.2, 0.25) is 0 Å². The van der Waals surface area contributed by atoms with Crippen molar-refractivity contribution in [3.8, 4) is 0 Å². The molecule has 1 saturated heterocycles. The van der Waals surface area contributed by atoms with Gasteiger partial charge in [0.15, 0.2) is 0 Å². The number of rotatable bonds is 5. The third kappa shape index (κ3) is 4.84. The Bertz CT molecular complexity index is 905. The van der Waals surface area contributed by atoms with Gasteiger partial charge in [-0.2, -0.15) is 4.31 Å². The summed E-state index contributed by atoms with van der Waals surface area (Å²) >= 11 is 0. The maximum absolute atomic E-state index is 12.6. The molecule has 1 aromatic heterocycles. The smallest absolute Gasteiger partial charge is 0.236 e. The lowest BCUT2D eigenvalue weighted by Gasteiger charge is -2.34. The van der Waals surface area contributed by atoms with Crippen molar-refractivity contribution < 1.29 is 8.42 Å². The Balaban J connectivity index is 1.67. The monoisotopic (exact) mass is 387 g/mol. The summed E-state index contributed by atoms with van der Waals surface area (Å²) in [7, 11) is 0.447. The Morgan fingerprint density at radius 3 is 2.33 bits per heavy atom. The quantitative estimate of drug-likeness (QED) is 0.781. The zero-order valence-corrected chi connectivity index (χ0v) is 16.7. The van der Waals surface area contributed by atoms with Crippen molar-refractivity contribution in [1.82, 2.24) is 14.3 Å². The maximum Gasteiger partial charge on any atom is 0.236 e. The van der Waals surface area contributed by atoms with Gasteiger partial charge in [-0.15, -0.1) is 0 Å². The predicted octanol–water partition coefficient (Wildman–Crippen LogP) is 1.97. The van der Waals surface area contributed by atoms with E-state index < -0.39 is 10.0 Å². The first-order chi connectivity index (χ1) is 12.8. The van der Waals surface area contributed by atoms with Crippen molar-refractivity contribution in [3.63, 3.8) is 0 Å². The summed E-state index contributed by atoms with van der Waals surface area (Å²) in [6.45, 7) is 3.93. The summed E-state index contributed by atoms with van der Waals surface area (Å²) in [5.41, 5.74) is 0.868. The summed E-state index contributed by atoms with van der Waals surface area (Å²) in [4.78, 5) is 13.0. The minimum Gasteiger partial charge on any atom is -0.363 e. The van der Waals surface area contributed by atoms with Crippen LogP contribution in [0.3, 0.4) is 0 Å². The van der Waals surface area contributed by atoms with Crippen LogP contribution < -0.4 is 9.80 Å². The summed E-state index contributed by atoms with van der Waals surface area (Å²) in [6, 6.07) is 11.4.